The molecule has 0 fully saturated rings. The van der Waals surface area contributed by atoms with E-state index < -0.39 is 26.5 Å². The summed E-state index contributed by atoms with van der Waals surface area (Å²) in [5.74, 6) is 0.136. The molecule has 0 unspecified atom stereocenters. The molecule has 6 nitrogen and oxygen atoms in total. The number of aromatic nitrogens is 2. The zero-order chi connectivity index (χ0) is 19.2. The van der Waals surface area contributed by atoms with Crippen molar-refractivity contribution in [2.45, 2.75) is 32.2 Å². The van der Waals surface area contributed by atoms with Gasteiger partial charge in [0.15, 0.2) is 9.84 Å². The Labute approximate surface area is 153 Å². The van der Waals surface area contributed by atoms with E-state index in [-0.39, 0.29) is 18.1 Å². The van der Waals surface area contributed by atoms with Crippen molar-refractivity contribution in [3.8, 4) is 0 Å². The first-order valence-electron chi connectivity index (χ1n) is 8.40. The fourth-order valence-corrected chi connectivity index (χ4v) is 4.64. The molecule has 7 heteroatoms. The molecule has 0 saturated carbocycles. The molecule has 0 aliphatic rings. The Morgan fingerprint density at radius 2 is 1.77 bits per heavy atom. The van der Waals surface area contributed by atoms with Crippen LogP contribution in [0.1, 0.15) is 25.8 Å². The third-order valence-corrected chi connectivity index (χ3v) is 6.12. The minimum Gasteiger partial charge on any atom is -0.297 e. The van der Waals surface area contributed by atoms with Gasteiger partial charge in [-0.15, -0.1) is 0 Å². The summed E-state index contributed by atoms with van der Waals surface area (Å²) in [6.45, 7) is 4.14. The second kappa shape index (κ2) is 8.31. The predicted octanol–water partition coefficient (Wildman–Crippen LogP) is 1.88. The Morgan fingerprint density at radius 3 is 2.42 bits per heavy atom. The fraction of sp³-hybridized carbons (Fsp3) is 0.368. The van der Waals surface area contributed by atoms with Crippen molar-refractivity contribution in [2.24, 2.45) is 0 Å². The van der Waals surface area contributed by atoms with Crippen molar-refractivity contribution >= 4 is 9.84 Å². The van der Waals surface area contributed by atoms with Crippen LogP contribution in [-0.4, -0.2) is 29.5 Å². The molecule has 1 aromatic heterocycles. The van der Waals surface area contributed by atoms with Crippen LogP contribution in [-0.2, 0) is 21.8 Å². The minimum absolute atomic E-state index is 0.0558. The molecule has 2 rings (SSSR count). The number of nitrogens with one attached hydrogen (secondary N) is 1. The Balaban J connectivity index is 1.89. The van der Waals surface area contributed by atoms with Gasteiger partial charge in [0, 0.05) is 24.2 Å². The van der Waals surface area contributed by atoms with Crippen LogP contribution in [0.25, 0.3) is 0 Å². The number of hydrogen-bond acceptors (Lipinski definition) is 4. The Morgan fingerprint density at radius 1 is 1.08 bits per heavy atom. The summed E-state index contributed by atoms with van der Waals surface area (Å²) >= 11 is 0. The third-order valence-electron chi connectivity index (χ3n) is 4.10. The zero-order valence-corrected chi connectivity index (χ0v) is 15.8. The van der Waals surface area contributed by atoms with Gasteiger partial charge in [-0.1, -0.05) is 56.3 Å². The second-order valence-electron chi connectivity index (χ2n) is 6.86. The number of rotatable bonds is 8. The molecular weight excluding hydrogens is 352 g/mol. The average Bonchev–Trinajstić information content (AvgIpc) is 2.56. The molecule has 0 spiro atoms. The molecule has 0 atom stereocenters. The molecule has 0 amide bonds. The van der Waals surface area contributed by atoms with Gasteiger partial charge < -0.3 is 0 Å². The van der Waals surface area contributed by atoms with E-state index in [1.54, 1.807) is 12.2 Å². The number of allylic oxidation sites excluding steroid dienone is 2. The van der Waals surface area contributed by atoms with Gasteiger partial charge in [-0.05, 0) is 12.0 Å². The number of H-pyrrole nitrogens is 1. The first-order chi connectivity index (χ1) is 12.2. The van der Waals surface area contributed by atoms with Crippen LogP contribution in [0.15, 0.2) is 64.3 Å². The fourth-order valence-electron chi connectivity index (χ4n) is 2.74. The maximum Gasteiger partial charge on any atom is 0.328 e. The van der Waals surface area contributed by atoms with E-state index in [9.17, 15) is 18.0 Å². The summed E-state index contributed by atoms with van der Waals surface area (Å²) in [6, 6.07) is 10.9. The maximum atomic E-state index is 12.4. The van der Waals surface area contributed by atoms with Crippen LogP contribution in [0.4, 0.5) is 0 Å². The Hall–Kier alpha value is -2.41. The maximum absolute atomic E-state index is 12.4. The molecule has 26 heavy (non-hydrogen) atoms. The van der Waals surface area contributed by atoms with Gasteiger partial charge in [0.05, 0.1) is 11.5 Å². The summed E-state index contributed by atoms with van der Waals surface area (Å²) in [5, 5.41) is 0. The van der Waals surface area contributed by atoms with Crippen molar-refractivity contribution in [2.75, 3.05) is 11.5 Å². The smallest absolute Gasteiger partial charge is 0.297 e. The van der Waals surface area contributed by atoms with Gasteiger partial charge >= 0.3 is 5.69 Å². The van der Waals surface area contributed by atoms with Gasteiger partial charge in [-0.25, -0.2) is 13.2 Å². The van der Waals surface area contributed by atoms with Crippen molar-refractivity contribution in [1.82, 2.24) is 9.55 Å². The lowest BCUT2D eigenvalue weighted by atomic mass is 9.87. The molecule has 1 aromatic carbocycles. The molecule has 1 heterocycles. The van der Waals surface area contributed by atoms with Gasteiger partial charge in [0.1, 0.15) is 0 Å². The Bertz CT molecular complexity index is 970. The van der Waals surface area contributed by atoms with Gasteiger partial charge in [0.25, 0.3) is 5.56 Å². The summed E-state index contributed by atoms with van der Waals surface area (Å²) in [5.41, 5.74) is -0.383. The number of aromatic amines is 1. The molecular formula is C19H24N2O4S. The normalized spacial score (nSPS) is 12.5. The molecule has 0 radical (unpaired) electrons. The lowest BCUT2D eigenvalue weighted by Crippen LogP contribution is -2.29. The average molecular weight is 376 g/mol. The van der Waals surface area contributed by atoms with Crippen molar-refractivity contribution in [3.63, 3.8) is 0 Å². The quantitative estimate of drug-likeness (QED) is 0.713. The summed E-state index contributed by atoms with van der Waals surface area (Å²) in [4.78, 5) is 24.7. The molecule has 0 aliphatic carbocycles. The van der Waals surface area contributed by atoms with Crippen LogP contribution in [0.3, 0.4) is 0 Å². The van der Waals surface area contributed by atoms with Gasteiger partial charge in [-0.3, -0.25) is 14.3 Å². The number of hydrogen-bond donors (Lipinski definition) is 1. The van der Waals surface area contributed by atoms with Gasteiger partial charge in [-0.2, -0.15) is 0 Å². The van der Waals surface area contributed by atoms with Crippen molar-refractivity contribution < 1.29 is 8.42 Å². The van der Waals surface area contributed by atoms with E-state index in [0.29, 0.717) is 6.42 Å². The highest BCUT2D eigenvalue weighted by Crippen LogP contribution is 2.25. The summed E-state index contributed by atoms with van der Waals surface area (Å²) < 4.78 is 26.2. The van der Waals surface area contributed by atoms with E-state index in [2.05, 4.69) is 4.98 Å². The SMILES string of the molecule is CC(C)(CS(=O)(=O)CC/C=C\Cn1ccc(=O)[nH]c1=O)c1ccccc1. The first kappa shape index (κ1) is 19.9. The third kappa shape index (κ3) is 5.84. The van der Waals surface area contributed by atoms with Crippen LogP contribution in [0.2, 0.25) is 0 Å². The number of nitrogens with zero attached hydrogens (tertiary/aromatic N) is 1. The van der Waals surface area contributed by atoms with E-state index in [1.165, 1.54) is 16.8 Å². The van der Waals surface area contributed by atoms with Gasteiger partial charge in [0.2, 0.25) is 0 Å². The van der Waals surface area contributed by atoms with E-state index >= 15 is 0 Å². The largest absolute Gasteiger partial charge is 0.328 e. The number of sulfone groups is 1. The Kier molecular flexibility index (Phi) is 6.37. The molecule has 140 valence electrons. The standard InChI is InChI=1S/C19H24N2O4S/c1-19(2,16-9-5-3-6-10-16)15-26(24,25)14-8-4-7-12-21-13-11-17(22)20-18(21)23/h3-7,9-11,13H,8,12,14-15H2,1-2H3,(H,20,22,23)/b7-4-. The minimum atomic E-state index is -3.21. The van der Waals surface area contributed by atoms with E-state index in [0.717, 1.165) is 5.56 Å². The molecule has 1 N–H and O–H groups in total. The predicted molar refractivity (Wildman–Crippen MR) is 103 cm³/mol. The lowest BCUT2D eigenvalue weighted by Gasteiger charge is -2.24. The molecule has 2 aromatic rings. The summed E-state index contributed by atoms with van der Waals surface area (Å²) in [7, 11) is -3.21. The van der Waals surface area contributed by atoms with Crippen LogP contribution < -0.4 is 11.2 Å². The topological polar surface area (TPSA) is 89.0 Å². The highest BCUT2D eigenvalue weighted by atomic mass is 32.2. The van der Waals surface area contributed by atoms with E-state index in [1.807, 2.05) is 44.2 Å². The number of benzene rings is 1. The highest BCUT2D eigenvalue weighted by molar-refractivity contribution is 7.91. The van der Waals surface area contributed by atoms with Crippen LogP contribution in [0, 0.1) is 0 Å². The van der Waals surface area contributed by atoms with Crippen LogP contribution in [0.5, 0.6) is 0 Å². The second-order valence-corrected chi connectivity index (χ2v) is 9.05. The molecule has 0 bridgehead atoms. The summed E-state index contributed by atoms with van der Waals surface area (Å²) in [6.07, 6.45) is 5.25. The first-order valence-corrected chi connectivity index (χ1v) is 10.2. The van der Waals surface area contributed by atoms with Crippen molar-refractivity contribution in [3.05, 3.63) is 81.1 Å². The molecule has 0 aliphatic heterocycles. The lowest BCUT2D eigenvalue weighted by molar-refractivity contribution is 0.548. The molecule has 0 saturated heterocycles. The highest BCUT2D eigenvalue weighted by Gasteiger charge is 2.27. The van der Waals surface area contributed by atoms with Crippen molar-refractivity contribution in [1.29, 1.82) is 0 Å². The zero-order valence-electron chi connectivity index (χ0n) is 15.0. The monoisotopic (exact) mass is 376 g/mol. The van der Waals surface area contributed by atoms with E-state index in [4.69, 9.17) is 0 Å². The van der Waals surface area contributed by atoms with Crippen LogP contribution >= 0.6 is 0 Å².